The largest absolute Gasteiger partial charge is 0.481 e. The summed E-state index contributed by atoms with van der Waals surface area (Å²) in [4.78, 5) is 196. The van der Waals surface area contributed by atoms with Crippen LogP contribution in [0.2, 0.25) is 5.02 Å². The molecule has 13 amide bonds. The Morgan fingerprint density at radius 2 is 1.36 bits per heavy atom. The highest BCUT2D eigenvalue weighted by Crippen LogP contribution is 2.22. The molecule has 1 saturated heterocycles. The van der Waals surface area contributed by atoms with Crippen LogP contribution in [0.4, 0.5) is 5.69 Å². The van der Waals surface area contributed by atoms with Gasteiger partial charge in [0.15, 0.2) is 0 Å². The molecule has 4 heterocycles. The maximum atomic E-state index is 14.5. The fourth-order valence-electron chi connectivity index (χ4n) is 9.65. The van der Waals surface area contributed by atoms with Gasteiger partial charge in [-0.15, -0.1) is 0 Å². The second-order valence-corrected chi connectivity index (χ2v) is 22.6. The van der Waals surface area contributed by atoms with E-state index in [9.17, 15) is 72.2 Å². The zero-order valence-electron chi connectivity index (χ0n) is 50.1. The number of aromatic nitrogens is 1. The molecule has 6 rings (SSSR count). The van der Waals surface area contributed by atoms with Gasteiger partial charge >= 0.3 is 5.97 Å². The van der Waals surface area contributed by atoms with E-state index in [4.69, 9.17) is 17.3 Å². The number of amides is 13. The molecule has 480 valence electrons. The first-order valence-corrected chi connectivity index (χ1v) is 29.3. The monoisotopic (exact) mass is 1260 g/mol. The number of nitrogens with two attached hydrogens (primary N) is 1. The topological polar surface area (TPSA) is 434 Å². The highest BCUT2D eigenvalue weighted by molar-refractivity contribution is 6.30. The van der Waals surface area contributed by atoms with E-state index in [1.807, 2.05) is 0 Å². The molecule has 30 heteroatoms. The molecule has 1 fully saturated rings. The molecule has 0 spiro atoms. The Kier molecular flexibility index (Phi) is 26.5. The van der Waals surface area contributed by atoms with Gasteiger partial charge in [-0.1, -0.05) is 62.7 Å². The zero-order chi connectivity index (χ0) is 65.6. The number of carbonyl (C=O) groups is 14. The third-order valence-electron chi connectivity index (χ3n) is 14.4. The van der Waals surface area contributed by atoms with Crippen LogP contribution >= 0.6 is 11.6 Å². The lowest BCUT2D eigenvalue weighted by Crippen LogP contribution is -2.61. The van der Waals surface area contributed by atoms with Gasteiger partial charge in [0, 0.05) is 55.8 Å². The molecule has 14 N–H and O–H groups in total. The summed E-state index contributed by atoms with van der Waals surface area (Å²) >= 11 is 6.11. The number of rotatable bonds is 22. The van der Waals surface area contributed by atoms with E-state index >= 15 is 0 Å². The van der Waals surface area contributed by atoms with E-state index in [1.165, 1.54) is 56.3 Å². The lowest BCUT2D eigenvalue weighted by molar-refractivity contribution is -0.142. The first-order valence-electron chi connectivity index (χ1n) is 28.9. The van der Waals surface area contributed by atoms with Gasteiger partial charge in [-0.25, -0.2) is 0 Å². The molecule has 0 aliphatic carbocycles. The lowest BCUT2D eigenvalue weighted by atomic mass is 10.00. The third-order valence-corrected chi connectivity index (χ3v) is 14.6. The van der Waals surface area contributed by atoms with Gasteiger partial charge in [-0.05, 0) is 92.5 Å². The first kappa shape index (κ1) is 70.2. The quantitative estimate of drug-likeness (QED) is 0.0487. The van der Waals surface area contributed by atoms with E-state index in [-0.39, 0.29) is 56.7 Å². The summed E-state index contributed by atoms with van der Waals surface area (Å²) in [7, 11) is 0. The molecular formula is C59H77ClN14O15. The molecule has 3 aliphatic heterocycles. The van der Waals surface area contributed by atoms with Crippen LogP contribution in [0.1, 0.15) is 96.8 Å². The number of halogens is 1. The molecule has 0 saturated carbocycles. The molecule has 2 aromatic carbocycles. The second-order valence-electron chi connectivity index (χ2n) is 22.1. The summed E-state index contributed by atoms with van der Waals surface area (Å²) in [5, 5.41) is 37.9. The van der Waals surface area contributed by atoms with Crippen molar-refractivity contribution in [3.05, 3.63) is 94.8 Å². The Labute approximate surface area is 518 Å². The second kappa shape index (κ2) is 33.5. The number of fused-ring (bicyclic) bond motifs is 18. The number of primary amides is 1. The summed E-state index contributed by atoms with van der Waals surface area (Å²) in [6, 6.07) is 1.00. The highest BCUT2D eigenvalue weighted by Gasteiger charge is 2.40. The number of pyridine rings is 1. The van der Waals surface area contributed by atoms with Crippen LogP contribution in [0.5, 0.6) is 0 Å². The van der Waals surface area contributed by atoms with Crippen LogP contribution in [0.25, 0.3) is 0 Å². The molecule has 0 unspecified atom stereocenters. The van der Waals surface area contributed by atoms with Crippen LogP contribution in [-0.2, 0) is 86.4 Å². The average Bonchev–Trinajstić information content (AvgIpc) is 4.02. The minimum Gasteiger partial charge on any atom is -0.481 e. The molecule has 29 nitrogen and oxygen atoms in total. The number of aliphatic carboxylic acids is 1. The number of hydrogen-bond donors (Lipinski definition) is 13. The third kappa shape index (κ3) is 22.3. The molecular weight excluding hydrogens is 1180 g/mol. The number of likely N-dealkylation sites (tertiary alicyclic amines) is 1. The minimum absolute atomic E-state index is 0.00449. The van der Waals surface area contributed by atoms with E-state index in [2.05, 4.69) is 63.5 Å². The number of benzene rings is 2. The van der Waals surface area contributed by atoms with Crippen LogP contribution in [0.15, 0.2) is 73.1 Å². The van der Waals surface area contributed by atoms with Crippen molar-refractivity contribution >= 4 is 100 Å². The highest BCUT2D eigenvalue weighted by atomic mass is 35.5. The van der Waals surface area contributed by atoms with Crippen LogP contribution in [0, 0.1) is 5.92 Å². The maximum absolute atomic E-state index is 14.5. The average molecular weight is 1260 g/mol. The normalized spacial score (nSPS) is 20.2. The summed E-state index contributed by atoms with van der Waals surface area (Å²) < 4.78 is 0. The van der Waals surface area contributed by atoms with Crippen LogP contribution in [0.3, 0.4) is 0 Å². The number of nitrogens with zero attached hydrogens (tertiary/aromatic N) is 2. The zero-order valence-corrected chi connectivity index (χ0v) is 50.8. The summed E-state index contributed by atoms with van der Waals surface area (Å²) in [5.74, 6) is -13.4. The van der Waals surface area contributed by atoms with E-state index in [0.29, 0.717) is 28.1 Å². The Bertz CT molecular complexity index is 3100. The summed E-state index contributed by atoms with van der Waals surface area (Å²) in [6.07, 6.45) is 0.867. The SMILES string of the molecule is CC[C@H](NC(C)=O)C(=O)N[C@@H](Cc1ccc(Cl)cc1)C(=O)N[C@@H](Cc1cccnc1)C(=O)N[C@@H](CC(=O)O)C(=O)N[C@@H]1CC(=O)NCC(=O)Nc2ccc(cc2)C[C@@H](C(=O)N2CCC[C@@H]2C(=O)N[C@@H](C)C(N)=O)NC(=O)[C@H](CC(C)C)NC(=O)[C@@H](C)NC1=O. The fourth-order valence-corrected chi connectivity index (χ4v) is 9.77. The first-order chi connectivity index (χ1) is 42.1. The number of carboxylic acids is 1. The van der Waals surface area contributed by atoms with Gasteiger partial charge in [0.25, 0.3) is 0 Å². The maximum Gasteiger partial charge on any atom is 0.305 e. The predicted octanol–water partition coefficient (Wildman–Crippen LogP) is -1.95. The van der Waals surface area contributed by atoms with Gasteiger partial charge in [-0.2, -0.15) is 0 Å². The van der Waals surface area contributed by atoms with Crippen molar-refractivity contribution in [2.24, 2.45) is 11.7 Å². The predicted molar refractivity (Wildman–Crippen MR) is 320 cm³/mol. The Hall–Kier alpha value is -9.54. The van der Waals surface area contributed by atoms with Crippen molar-refractivity contribution in [2.45, 2.75) is 160 Å². The van der Waals surface area contributed by atoms with Crippen molar-refractivity contribution in [3.8, 4) is 0 Å². The van der Waals surface area contributed by atoms with E-state index in [1.54, 1.807) is 63.2 Å². The molecule has 3 aliphatic rings. The smallest absolute Gasteiger partial charge is 0.305 e. The number of anilines is 1. The van der Waals surface area contributed by atoms with Gasteiger partial charge in [-0.3, -0.25) is 72.1 Å². The summed E-state index contributed by atoms with van der Waals surface area (Å²) in [6.45, 7) is 8.37. The Morgan fingerprint density at radius 3 is 1.94 bits per heavy atom. The van der Waals surface area contributed by atoms with Crippen molar-refractivity contribution < 1.29 is 72.2 Å². The van der Waals surface area contributed by atoms with Crippen molar-refractivity contribution in [1.29, 1.82) is 0 Å². The van der Waals surface area contributed by atoms with Crippen molar-refractivity contribution in [3.63, 3.8) is 0 Å². The standard InChI is InChI=1S/C59H77ClN14O15/c1-7-39(66-33(6)75)52(82)69-41(23-34-12-16-37(60)17-13-34)55(85)70-42(25-36-10-8-20-62-28-36)56(86)72-44(27-49(78)79)57(87)71-43-26-47(76)63-29-48(77)67-38-18-14-35(15-19-38)24-45(59(89)74-21-9-11-46(74)58(88)64-31(4)50(61)80)73-54(84)40(22-30(2)3)68-51(81)32(5)65-53(43)83/h8,10,12-20,28,30-32,39-46H,7,9,11,21-27,29H2,1-6H3,(H2,61,80)(H,63,76)(H,64,88)(H,65,83)(H,66,75)(H,67,77)(H,68,81)(H,69,82)(H,70,85)(H,71,87)(H,72,86)(H,73,84)(H,78,79)/t31-,32+,39-,40-,41-,42-,43+,44-,45-,46+/m0/s1. The van der Waals surface area contributed by atoms with Crippen molar-refractivity contribution in [2.75, 3.05) is 18.4 Å². The van der Waals surface area contributed by atoms with Crippen LogP contribution < -0.4 is 64.2 Å². The van der Waals surface area contributed by atoms with E-state index in [0.717, 1.165) is 0 Å². The number of carboxylic acid groups (broad SMARTS) is 1. The van der Waals surface area contributed by atoms with Gasteiger partial charge in [0.1, 0.15) is 60.4 Å². The Morgan fingerprint density at radius 1 is 0.730 bits per heavy atom. The molecule has 1 aromatic heterocycles. The molecule has 3 aromatic rings. The number of carbonyl (C=O) groups excluding carboxylic acids is 13. The van der Waals surface area contributed by atoms with Crippen LogP contribution in [-0.4, -0.2) is 171 Å². The minimum atomic E-state index is -2.05. The molecule has 2 bridgehead atoms. The summed E-state index contributed by atoms with van der Waals surface area (Å²) in [5.41, 5.74) is 6.98. The van der Waals surface area contributed by atoms with Crippen molar-refractivity contribution in [1.82, 2.24) is 63.1 Å². The van der Waals surface area contributed by atoms with Gasteiger partial charge in [0.2, 0.25) is 76.8 Å². The van der Waals surface area contributed by atoms with Gasteiger partial charge < -0.3 is 74.2 Å². The number of nitrogens with one attached hydrogen (secondary N) is 11. The fraction of sp³-hybridized carbons (Fsp3) is 0.475. The van der Waals surface area contributed by atoms with E-state index < -0.39 is 163 Å². The van der Waals surface area contributed by atoms with Gasteiger partial charge in [0.05, 0.1) is 19.4 Å². The Balaban J connectivity index is 1.43. The molecule has 10 atom stereocenters. The molecule has 0 radical (unpaired) electrons. The lowest BCUT2D eigenvalue weighted by Gasteiger charge is -2.31. The molecule has 89 heavy (non-hydrogen) atoms. The number of hydrogen-bond acceptors (Lipinski definition) is 15.